The van der Waals surface area contributed by atoms with Crippen molar-refractivity contribution in [3.05, 3.63) is 107 Å². The highest BCUT2D eigenvalue weighted by molar-refractivity contribution is 9.10. The fourth-order valence-corrected chi connectivity index (χ4v) is 10.4. The molecule has 1 spiro atoms. The van der Waals surface area contributed by atoms with Crippen molar-refractivity contribution >= 4 is 48.6 Å². The molecule has 4 bridgehead atoms. The van der Waals surface area contributed by atoms with Gasteiger partial charge in [-0.3, -0.25) is 0 Å². The van der Waals surface area contributed by atoms with Gasteiger partial charge in [0.25, 0.3) is 0 Å². The molecular weight excluding hydrogens is 552 g/mol. The summed E-state index contributed by atoms with van der Waals surface area (Å²) in [6.45, 7) is 0. The number of rotatable bonds is 1. The van der Waals surface area contributed by atoms with Crippen molar-refractivity contribution in [1.29, 1.82) is 0 Å². The molecule has 6 aromatic rings. The van der Waals surface area contributed by atoms with Crippen LogP contribution in [0.25, 0.3) is 55.0 Å². The molecule has 4 saturated carbocycles. The van der Waals surface area contributed by atoms with E-state index in [0.717, 1.165) is 39.3 Å². The van der Waals surface area contributed by atoms with Crippen LogP contribution in [0.4, 0.5) is 0 Å². The monoisotopic (exact) mass is 580 g/mol. The average molecular weight is 582 g/mol. The molecule has 0 atom stereocenters. The molecule has 1 aromatic heterocycles. The molecule has 0 aliphatic heterocycles. The topological polar surface area (TPSA) is 13.1 Å². The summed E-state index contributed by atoms with van der Waals surface area (Å²) in [4.78, 5) is 0. The van der Waals surface area contributed by atoms with E-state index >= 15 is 0 Å². The summed E-state index contributed by atoms with van der Waals surface area (Å²) in [6, 6.07) is 34.5. The van der Waals surface area contributed by atoms with Crippen molar-refractivity contribution in [3.8, 4) is 22.3 Å². The second-order valence-corrected chi connectivity index (χ2v) is 14.0. The first-order valence-electron chi connectivity index (χ1n) is 15.0. The highest BCUT2D eigenvalue weighted by Crippen LogP contribution is 2.70. The first-order chi connectivity index (χ1) is 19.7. The Bertz CT molecular complexity index is 2020. The van der Waals surface area contributed by atoms with E-state index < -0.39 is 0 Å². The minimum Gasteiger partial charge on any atom is -0.456 e. The predicted molar refractivity (Wildman–Crippen MR) is 168 cm³/mol. The number of halogens is 1. The summed E-state index contributed by atoms with van der Waals surface area (Å²) in [5.41, 5.74) is 10.9. The number of hydrogen-bond donors (Lipinski definition) is 0. The summed E-state index contributed by atoms with van der Waals surface area (Å²) in [5, 5.41) is 5.14. The van der Waals surface area contributed by atoms with E-state index in [1.165, 1.54) is 75.9 Å². The lowest BCUT2D eigenvalue weighted by Crippen LogP contribution is -2.55. The normalized spacial score (nSPS) is 27.7. The third-order valence-corrected chi connectivity index (χ3v) is 11.8. The molecule has 4 fully saturated rings. The molecule has 11 rings (SSSR count). The minimum absolute atomic E-state index is 0.161. The first kappa shape index (κ1) is 22.3. The third kappa shape index (κ3) is 2.74. The van der Waals surface area contributed by atoms with Gasteiger partial charge in [-0.15, -0.1) is 0 Å². The number of hydrogen-bond acceptors (Lipinski definition) is 1. The third-order valence-electron chi connectivity index (χ3n) is 11.3. The molecule has 2 heteroatoms. The van der Waals surface area contributed by atoms with Gasteiger partial charge in [0.15, 0.2) is 0 Å². The van der Waals surface area contributed by atoms with Crippen molar-refractivity contribution in [2.24, 2.45) is 23.7 Å². The lowest BCUT2D eigenvalue weighted by molar-refractivity contribution is -0.0399. The van der Waals surface area contributed by atoms with E-state index in [1.807, 2.05) is 0 Å². The van der Waals surface area contributed by atoms with Crippen molar-refractivity contribution < 1.29 is 4.42 Å². The average Bonchev–Trinajstić information content (AvgIpc) is 3.48. The fraction of sp³-hybridized carbons (Fsp3) is 0.263. The maximum absolute atomic E-state index is 6.34. The van der Waals surface area contributed by atoms with Gasteiger partial charge in [0.2, 0.25) is 0 Å². The molecule has 194 valence electrons. The Balaban J connectivity index is 1.22. The van der Waals surface area contributed by atoms with Crippen LogP contribution in [0.1, 0.15) is 43.2 Å². The van der Waals surface area contributed by atoms with Crippen LogP contribution < -0.4 is 0 Å². The van der Waals surface area contributed by atoms with Crippen LogP contribution in [0, 0.1) is 23.7 Å². The van der Waals surface area contributed by atoms with Crippen LogP contribution in [0.15, 0.2) is 99.9 Å². The van der Waals surface area contributed by atoms with Crippen molar-refractivity contribution in [3.63, 3.8) is 0 Å². The molecule has 0 unspecified atom stereocenters. The van der Waals surface area contributed by atoms with E-state index in [2.05, 4.69) is 107 Å². The van der Waals surface area contributed by atoms with E-state index in [0.29, 0.717) is 0 Å². The molecular formula is C38H29BrO. The zero-order chi connectivity index (χ0) is 26.2. The van der Waals surface area contributed by atoms with Crippen LogP contribution in [0.3, 0.4) is 0 Å². The van der Waals surface area contributed by atoms with Gasteiger partial charge in [0.05, 0.1) is 0 Å². The van der Waals surface area contributed by atoms with Crippen LogP contribution in [-0.4, -0.2) is 0 Å². The summed E-state index contributed by atoms with van der Waals surface area (Å²) in [5.74, 6) is 3.41. The van der Waals surface area contributed by atoms with Gasteiger partial charge >= 0.3 is 0 Å². The zero-order valence-corrected chi connectivity index (χ0v) is 23.9. The van der Waals surface area contributed by atoms with Crippen LogP contribution in [0.5, 0.6) is 0 Å². The van der Waals surface area contributed by atoms with Gasteiger partial charge in [-0.25, -0.2) is 0 Å². The van der Waals surface area contributed by atoms with Crippen LogP contribution in [-0.2, 0) is 5.41 Å². The maximum Gasteiger partial charge on any atom is 0.136 e. The molecule has 0 N–H and O–H groups in total. The zero-order valence-electron chi connectivity index (χ0n) is 22.3. The van der Waals surface area contributed by atoms with E-state index in [4.69, 9.17) is 4.42 Å². The Hall–Kier alpha value is -3.36. The summed E-state index contributed by atoms with van der Waals surface area (Å²) in [6.07, 6.45) is 7.11. The smallest absolute Gasteiger partial charge is 0.136 e. The quantitative estimate of drug-likeness (QED) is 0.188. The second kappa shape index (κ2) is 7.68. The molecule has 1 nitrogen and oxygen atoms in total. The van der Waals surface area contributed by atoms with Crippen molar-refractivity contribution in [1.82, 2.24) is 0 Å². The van der Waals surface area contributed by atoms with Crippen molar-refractivity contribution in [2.45, 2.75) is 37.5 Å². The summed E-state index contributed by atoms with van der Waals surface area (Å²) < 4.78 is 7.39. The van der Waals surface area contributed by atoms with Crippen LogP contribution in [0.2, 0.25) is 0 Å². The molecule has 0 amide bonds. The predicted octanol–water partition coefficient (Wildman–Crippen LogP) is 10.9. The van der Waals surface area contributed by atoms with Gasteiger partial charge in [-0.1, -0.05) is 70.5 Å². The Morgan fingerprint density at radius 2 is 1.30 bits per heavy atom. The molecule has 40 heavy (non-hydrogen) atoms. The molecule has 0 radical (unpaired) electrons. The highest BCUT2D eigenvalue weighted by Gasteiger charge is 2.61. The molecule has 5 aliphatic rings. The van der Waals surface area contributed by atoms with E-state index in [-0.39, 0.29) is 5.41 Å². The van der Waals surface area contributed by atoms with Gasteiger partial charge in [0, 0.05) is 20.7 Å². The Kier molecular flexibility index (Phi) is 4.29. The molecule has 0 saturated heterocycles. The first-order valence-corrected chi connectivity index (χ1v) is 15.8. The highest BCUT2D eigenvalue weighted by atomic mass is 79.9. The Labute approximate surface area is 242 Å². The van der Waals surface area contributed by atoms with E-state index in [1.54, 1.807) is 11.1 Å². The van der Waals surface area contributed by atoms with Gasteiger partial charge < -0.3 is 4.42 Å². The standard InChI is InChI=1S/C38H29BrO/c39-28-8-11-31-30-9-5-25(19-35(30)40-36(31)20-28)24-6-10-32-34(18-24)38(26-14-21-13-22(16-26)17-27(38)15-21)33-12-7-23-3-1-2-4-29(23)37(32)33/h1-12,18-22,26-27H,13-17H2. The van der Waals surface area contributed by atoms with Gasteiger partial charge in [0.1, 0.15) is 11.2 Å². The van der Waals surface area contributed by atoms with Crippen molar-refractivity contribution in [2.75, 3.05) is 0 Å². The lowest BCUT2D eigenvalue weighted by atomic mass is 9.43. The summed E-state index contributed by atoms with van der Waals surface area (Å²) in [7, 11) is 0. The molecule has 5 aliphatic carbocycles. The second-order valence-electron chi connectivity index (χ2n) is 13.1. The number of furan rings is 1. The Morgan fingerprint density at radius 3 is 2.12 bits per heavy atom. The number of benzene rings is 5. The largest absolute Gasteiger partial charge is 0.456 e. The van der Waals surface area contributed by atoms with Gasteiger partial charge in [-0.05, 0) is 136 Å². The molecule has 1 heterocycles. The maximum atomic E-state index is 6.34. The van der Waals surface area contributed by atoms with Gasteiger partial charge in [-0.2, -0.15) is 0 Å². The lowest BCUT2D eigenvalue weighted by Gasteiger charge is -2.61. The SMILES string of the molecule is Brc1ccc2c(c1)oc1cc(-c3ccc4c(c3)C3(c5ccc6ccccc6c5-4)C4CC5CC(C4)CC3C5)ccc12. The summed E-state index contributed by atoms with van der Waals surface area (Å²) >= 11 is 3.60. The molecule has 5 aromatic carbocycles. The number of fused-ring (bicyclic) bond motifs is 8. The Morgan fingerprint density at radius 1 is 0.600 bits per heavy atom. The fourth-order valence-electron chi connectivity index (χ4n) is 10.1. The minimum atomic E-state index is 0.161. The van der Waals surface area contributed by atoms with E-state index in [9.17, 15) is 0 Å². The van der Waals surface area contributed by atoms with Crippen LogP contribution >= 0.6 is 15.9 Å².